The number of urea groups is 1. The number of carbonyl (C=O) groups excluding carboxylic acids is 1. The minimum absolute atomic E-state index is 0.577. The van der Waals surface area contributed by atoms with Crippen molar-refractivity contribution in [2.24, 2.45) is 5.73 Å². The number of benzene rings is 2. The second-order valence-electron chi connectivity index (χ2n) is 3.53. The molecule has 0 aliphatic heterocycles. The third-order valence-corrected chi connectivity index (χ3v) is 2.24. The van der Waals surface area contributed by atoms with Crippen molar-refractivity contribution in [3.63, 3.8) is 0 Å². The summed E-state index contributed by atoms with van der Waals surface area (Å²) in [5, 5.41) is 5.78. The van der Waals surface area contributed by atoms with Crippen molar-refractivity contribution in [1.29, 1.82) is 0 Å². The van der Waals surface area contributed by atoms with Gasteiger partial charge in [-0.05, 0) is 24.3 Å². The second kappa shape index (κ2) is 5.03. The average molecular weight is 227 g/mol. The molecule has 2 aromatic carbocycles. The first-order chi connectivity index (χ1) is 8.25. The molecular weight excluding hydrogens is 214 g/mol. The zero-order valence-corrected chi connectivity index (χ0v) is 9.18. The first kappa shape index (κ1) is 11.0. The van der Waals surface area contributed by atoms with Crippen LogP contribution in [0.3, 0.4) is 0 Å². The van der Waals surface area contributed by atoms with Crippen LogP contribution in [0.15, 0.2) is 54.6 Å². The predicted octanol–water partition coefficient (Wildman–Crippen LogP) is 2.92. The summed E-state index contributed by atoms with van der Waals surface area (Å²) in [5.41, 5.74) is 7.52. The quantitative estimate of drug-likeness (QED) is 0.754. The molecule has 0 saturated carbocycles. The number of para-hydroxylation sites is 3. The highest BCUT2D eigenvalue weighted by atomic mass is 16.2. The van der Waals surface area contributed by atoms with Gasteiger partial charge in [0, 0.05) is 5.69 Å². The molecule has 4 heteroatoms. The van der Waals surface area contributed by atoms with E-state index in [4.69, 9.17) is 5.73 Å². The fourth-order valence-corrected chi connectivity index (χ4v) is 1.51. The molecule has 0 saturated heterocycles. The molecule has 0 aliphatic rings. The summed E-state index contributed by atoms with van der Waals surface area (Å²) in [5.74, 6) is 0. The van der Waals surface area contributed by atoms with Gasteiger partial charge in [-0.1, -0.05) is 30.3 Å². The SMILES string of the molecule is NC(=O)Nc1ccccc1Nc1ccccc1. The standard InChI is InChI=1S/C13H13N3O/c14-13(17)16-12-9-5-4-8-11(12)15-10-6-2-1-3-7-10/h1-9,15H,(H3,14,16,17). The van der Waals surface area contributed by atoms with Crippen molar-refractivity contribution in [3.05, 3.63) is 54.6 Å². The van der Waals surface area contributed by atoms with Crippen LogP contribution in [-0.4, -0.2) is 6.03 Å². The van der Waals surface area contributed by atoms with E-state index in [1.165, 1.54) is 0 Å². The van der Waals surface area contributed by atoms with E-state index < -0.39 is 6.03 Å². The van der Waals surface area contributed by atoms with Crippen LogP contribution in [0, 0.1) is 0 Å². The Bertz CT molecular complexity index is 511. The van der Waals surface area contributed by atoms with Crippen molar-refractivity contribution >= 4 is 23.1 Å². The van der Waals surface area contributed by atoms with Gasteiger partial charge in [0.25, 0.3) is 0 Å². The van der Waals surface area contributed by atoms with Crippen LogP contribution in [-0.2, 0) is 0 Å². The monoisotopic (exact) mass is 227 g/mol. The third kappa shape index (κ3) is 2.98. The van der Waals surface area contributed by atoms with Crippen LogP contribution < -0.4 is 16.4 Å². The minimum atomic E-state index is -0.577. The Morgan fingerprint density at radius 3 is 2.12 bits per heavy atom. The lowest BCUT2D eigenvalue weighted by Gasteiger charge is -2.11. The number of hydrogen-bond acceptors (Lipinski definition) is 2. The van der Waals surface area contributed by atoms with Gasteiger partial charge >= 0.3 is 6.03 Å². The van der Waals surface area contributed by atoms with E-state index in [0.29, 0.717) is 5.69 Å². The van der Waals surface area contributed by atoms with Crippen LogP contribution in [0.4, 0.5) is 21.9 Å². The van der Waals surface area contributed by atoms with Crippen LogP contribution in [0.1, 0.15) is 0 Å². The van der Waals surface area contributed by atoms with Crippen molar-refractivity contribution in [1.82, 2.24) is 0 Å². The number of rotatable bonds is 3. The Morgan fingerprint density at radius 1 is 0.882 bits per heavy atom. The molecule has 0 heterocycles. The number of carbonyl (C=O) groups is 1. The van der Waals surface area contributed by atoms with Gasteiger partial charge in [0.15, 0.2) is 0 Å². The van der Waals surface area contributed by atoms with Crippen LogP contribution in [0.25, 0.3) is 0 Å². The van der Waals surface area contributed by atoms with Gasteiger partial charge in [0.05, 0.1) is 11.4 Å². The van der Waals surface area contributed by atoms with E-state index in [1.54, 1.807) is 6.07 Å². The summed E-state index contributed by atoms with van der Waals surface area (Å²) in [4.78, 5) is 10.9. The molecule has 0 bridgehead atoms. The zero-order chi connectivity index (χ0) is 12.1. The summed E-state index contributed by atoms with van der Waals surface area (Å²) >= 11 is 0. The smallest absolute Gasteiger partial charge is 0.316 e. The maximum Gasteiger partial charge on any atom is 0.316 e. The summed E-state index contributed by atoms with van der Waals surface area (Å²) in [6, 6.07) is 16.5. The predicted molar refractivity (Wildman–Crippen MR) is 69.4 cm³/mol. The first-order valence-corrected chi connectivity index (χ1v) is 5.23. The molecule has 0 radical (unpaired) electrons. The maximum absolute atomic E-state index is 10.9. The lowest BCUT2D eigenvalue weighted by Crippen LogP contribution is -2.19. The molecule has 2 aromatic rings. The second-order valence-corrected chi connectivity index (χ2v) is 3.53. The number of nitrogens with two attached hydrogens (primary N) is 1. The number of hydrogen-bond donors (Lipinski definition) is 3. The van der Waals surface area contributed by atoms with Crippen LogP contribution in [0.2, 0.25) is 0 Å². The Morgan fingerprint density at radius 2 is 1.47 bits per heavy atom. The molecule has 2 amide bonds. The molecule has 0 fully saturated rings. The van der Waals surface area contributed by atoms with Crippen LogP contribution >= 0.6 is 0 Å². The summed E-state index contributed by atoms with van der Waals surface area (Å²) in [6.07, 6.45) is 0. The normalized spacial score (nSPS) is 9.65. The lowest BCUT2D eigenvalue weighted by molar-refractivity contribution is 0.259. The molecule has 0 atom stereocenters. The van der Waals surface area contributed by atoms with Crippen molar-refractivity contribution in [2.75, 3.05) is 10.6 Å². The van der Waals surface area contributed by atoms with E-state index in [-0.39, 0.29) is 0 Å². The van der Waals surface area contributed by atoms with E-state index in [1.807, 2.05) is 48.5 Å². The molecule has 4 nitrogen and oxygen atoms in total. The van der Waals surface area contributed by atoms with E-state index in [2.05, 4.69) is 10.6 Å². The lowest BCUT2D eigenvalue weighted by atomic mass is 10.2. The molecule has 0 unspecified atom stereocenters. The van der Waals surface area contributed by atoms with Gasteiger partial charge in [-0.2, -0.15) is 0 Å². The molecule has 0 aromatic heterocycles. The summed E-state index contributed by atoms with van der Waals surface area (Å²) in [6.45, 7) is 0. The largest absolute Gasteiger partial charge is 0.354 e. The molecule has 0 spiro atoms. The molecular formula is C13H13N3O. The Labute approximate surface area is 99.5 Å². The first-order valence-electron chi connectivity index (χ1n) is 5.23. The van der Waals surface area contributed by atoms with Gasteiger partial charge in [0.2, 0.25) is 0 Å². The Balaban J connectivity index is 2.23. The Kier molecular flexibility index (Phi) is 3.25. The van der Waals surface area contributed by atoms with Crippen LogP contribution in [0.5, 0.6) is 0 Å². The zero-order valence-electron chi connectivity index (χ0n) is 9.18. The molecule has 86 valence electrons. The maximum atomic E-state index is 10.9. The van der Waals surface area contributed by atoms with Gasteiger partial charge in [0.1, 0.15) is 0 Å². The number of nitrogens with one attached hydrogen (secondary N) is 2. The number of primary amides is 1. The third-order valence-electron chi connectivity index (χ3n) is 2.24. The Hall–Kier alpha value is -2.49. The van der Waals surface area contributed by atoms with Crippen molar-refractivity contribution in [3.8, 4) is 0 Å². The van der Waals surface area contributed by atoms with Gasteiger partial charge in [-0.15, -0.1) is 0 Å². The van der Waals surface area contributed by atoms with Crippen molar-refractivity contribution in [2.45, 2.75) is 0 Å². The molecule has 4 N–H and O–H groups in total. The van der Waals surface area contributed by atoms with E-state index in [0.717, 1.165) is 11.4 Å². The fourth-order valence-electron chi connectivity index (χ4n) is 1.51. The summed E-state index contributed by atoms with van der Waals surface area (Å²) < 4.78 is 0. The van der Waals surface area contributed by atoms with E-state index >= 15 is 0 Å². The highest BCUT2D eigenvalue weighted by Gasteiger charge is 2.03. The van der Waals surface area contributed by atoms with Gasteiger partial charge in [-0.25, -0.2) is 4.79 Å². The number of amides is 2. The van der Waals surface area contributed by atoms with Gasteiger partial charge < -0.3 is 16.4 Å². The van der Waals surface area contributed by atoms with Crippen molar-refractivity contribution < 1.29 is 4.79 Å². The highest BCUT2D eigenvalue weighted by Crippen LogP contribution is 2.24. The topological polar surface area (TPSA) is 67.2 Å². The molecule has 2 rings (SSSR count). The molecule has 17 heavy (non-hydrogen) atoms. The highest BCUT2D eigenvalue weighted by molar-refractivity contribution is 5.92. The number of anilines is 3. The van der Waals surface area contributed by atoms with Gasteiger partial charge in [-0.3, -0.25) is 0 Å². The minimum Gasteiger partial charge on any atom is -0.354 e. The fraction of sp³-hybridized carbons (Fsp3) is 0. The average Bonchev–Trinajstić information content (AvgIpc) is 2.32. The summed E-state index contributed by atoms with van der Waals surface area (Å²) in [7, 11) is 0. The van der Waals surface area contributed by atoms with E-state index in [9.17, 15) is 4.79 Å². The molecule has 0 aliphatic carbocycles.